The van der Waals surface area contributed by atoms with E-state index in [2.05, 4.69) is 32.6 Å². The van der Waals surface area contributed by atoms with Crippen LogP contribution in [0.1, 0.15) is 66.2 Å². The molecule has 1 aliphatic rings. The molecule has 0 aliphatic heterocycles. The van der Waals surface area contributed by atoms with Crippen LogP contribution < -0.4 is 5.73 Å². The summed E-state index contributed by atoms with van der Waals surface area (Å²) in [6.45, 7) is 11.7. The van der Waals surface area contributed by atoms with Crippen LogP contribution in [0, 0.1) is 5.41 Å². The van der Waals surface area contributed by atoms with Crippen LogP contribution in [-0.4, -0.2) is 30.1 Å². The van der Waals surface area contributed by atoms with Crippen molar-refractivity contribution in [3.8, 4) is 0 Å². The minimum absolute atomic E-state index is 0.335. The van der Waals surface area contributed by atoms with Gasteiger partial charge in [0.15, 0.2) is 0 Å². The number of hydrogen-bond acceptors (Lipinski definition) is 2. The van der Waals surface area contributed by atoms with E-state index in [4.69, 9.17) is 5.73 Å². The van der Waals surface area contributed by atoms with Crippen LogP contribution in [0.25, 0.3) is 0 Å². The second-order valence-electron chi connectivity index (χ2n) is 6.36. The van der Waals surface area contributed by atoms with Gasteiger partial charge in [-0.1, -0.05) is 40.5 Å². The van der Waals surface area contributed by atoms with Crippen molar-refractivity contribution >= 4 is 0 Å². The zero-order chi connectivity index (χ0) is 12.9. The third-order valence-corrected chi connectivity index (χ3v) is 4.47. The highest BCUT2D eigenvalue weighted by Crippen LogP contribution is 2.38. The lowest BCUT2D eigenvalue weighted by Crippen LogP contribution is -2.49. The monoisotopic (exact) mass is 240 g/mol. The van der Waals surface area contributed by atoms with E-state index in [-0.39, 0.29) is 0 Å². The highest BCUT2D eigenvalue weighted by molar-refractivity contribution is 4.99. The molecule has 0 aromatic carbocycles. The summed E-state index contributed by atoms with van der Waals surface area (Å²) in [5.74, 6) is 0. The normalized spacial score (nSPS) is 27.9. The number of rotatable bonds is 7. The SMILES string of the molecule is CCCCN(CCCC)C1CCC(C)(C)C1N. The van der Waals surface area contributed by atoms with Gasteiger partial charge in [-0.2, -0.15) is 0 Å². The number of unbranched alkanes of at least 4 members (excludes halogenated alkanes) is 2. The van der Waals surface area contributed by atoms with Gasteiger partial charge in [0.05, 0.1) is 0 Å². The van der Waals surface area contributed by atoms with Gasteiger partial charge >= 0.3 is 0 Å². The Morgan fingerprint density at radius 2 is 1.65 bits per heavy atom. The van der Waals surface area contributed by atoms with Gasteiger partial charge in [-0.3, -0.25) is 4.90 Å². The van der Waals surface area contributed by atoms with Gasteiger partial charge in [-0.15, -0.1) is 0 Å². The van der Waals surface area contributed by atoms with Crippen LogP contribution in [0.15, 0.2) is 0 Å². The van der Waals surface area contributed by atoms with E-state index in [1.807, 2.05) is 0 Å². The molecule has 1 aliphatic carbocycles. The summed E-state index contributed by atoms with van der Waals surface area (Å²) in [5, 5.41) is 0. The molecule has 2 N–H and O–H groups in total. The van der Waals surface area contributed by atoms with Crippen LogP contribution in [-0.2, 0) is 0 Å². The molecule has 0 bridgehead atoms. The van der Waals surface area contributed by atoms with Crippen LogP contribution in [0.4, 0.5) is 0 Å². The Morgan fingerprint density at radius 1 is 1.12 bits per heavy atom. The Hall–Kier alpha value is -0.0800. The van der Waals surface area contributed by atoms with Crippen molar-refractivity contribution in [2.75, 3.05) is 13.1 Å². The topological polar surface area (TPSA) is 29.3 Å². The Morgan fingerprint density at radius 3 is 2.00 bits per heavy atom. The molecule has 0 amide bonds. The van der Waals surface area contributed by atoms with Crippen molar-refractivity contribution in [2.45, 2.75) is 78.3 Å². The molecule has 1 saturated carbocycles. The van der Waals surface area contributed by atoms with Crippen molar-refractivity contribution in [3.63, 3.8) is 0 Å². The van der Waals surface area contributed by atoms with E-state index in [1.165, 1.54) is 51.6 Å². The maximum atomic E-state index is 6.46. The van der Waals surface area contributed by atoms with Gasteiger partial charge in [-0.05, 0) is 44.2 Å². The van der Waals surface area contributed by atoms with E-state index in [0.717, 1.165) is 0 Å². The summed E-state index contributed by atoms with van der Waals surface area (Å²) in [6.07, 6.45) is 7.78. The minimum Gasteiger partial charge on any atom is -0.326 e. The molecule has 1 fully saturated rings. The fraction of sp³-hybridized carbons (Fsp3) is 1.00. The molecular formula is C15H32N2. The molecule has 0 aromatic rings. The molecule has 17 heavy (non-hydrogen) atoms. The number of nitrogens with two attached hydrogens (primary N) is 1. The van der Waals surface area contributed by atoms with Crippen molar-refractivity contribution < 1.29 is 0 Å². The first kappa shape index (κ1) is 15.0. The summed E-state index contributed by atoms with van der Waals surface area (Å²) < 4.78 is 0. The van der Waals surface area contributed by atoms with E-state index in [0.29, 0.717) is 17.5 Å². The largest absolute Gasteiger partial charge is 0.326 e. The van der Waals surface area contributed by atoms with Gasteiger partial charge in [0.2, 0.25) is 0 Å². The lowest BCUT2D eigenvalue weighted by Gasteiger charge is -2.35. The molecule has 102 valence electrons. The Balaban J connectivity index is 2.56. The molecule has 0 saturated heterocycles. The average Bonchev–Trinajstić information content (AvgIpc) is 2.56. The molecule has 2 nitrogen and oxygen atoms in total. The van der Waals surface area contributed by atoms with Gasteiger partial charge in [0, 0.05) is 12.1 Å². The Kier molecular flexibility index (Phi) is 5.94. The summed E-state index contributed by atoms with van der Waals surface area (Å²) in [5.41, 5.74) is 6.79. The zero-order valence-electron chi connectivity index (χ0n) is 12.3. The number of hydrogen-bond donors (Lipinski definition) is 1. The third kappa shape index (κ3) is 3.96. The lowest BCUT2D eigenvalue weighted by atomic mass is 9.87. The quantitative estimate of drug-likeness (QED) is 0.739. The molecule has 0 spiro atoms. The minimum atomic E-state index is 0.335. The fourth-order valence-corrected chi connectivity index (χ4v) is 2.96. The van der Waals surface area contributed by atoms with Crippen LogP contribution in [0.5, 0.6) is 0 Å². The maximum Gasteiger partial charge on any atom is 0.0252 e. The van der Waals surface area contributed by atoms with E-state index in [1.54, 1.807) is 0 Å². The molecule has 0 radical (unpaired) electrons. The lowest BCUT2D eigenvalue weighted by molar-refractivity contribution is 0.160. The van der Waals surface area contributed by atoms with Crippen LogP contribution in [0.3, 0.4) is 0 Å². The average molecular weight is 240 g/mol. The first-order valence-corrected chi connectivity index (χ1v) is 7.52. The summed E-state index contributed by atoms with van der Waals surface area (Å²) in [4.78, 5) is 2.67. The molecule has 0 heterocycles. The third-order valence-electron chi connectivity index (χ3n) is 4.47. The smallest absolute Gasteiger partial charge is 0.0252 e. The molecule has 2 atom stereocenters. The van der Waals surface area contributed by atoms with Crippen molar-refractivity contribution in [1.82, 2.24) is 4.90 Å². The van der Waals surface area contributed by atoms with Gasteiger partial charge in [0.25, 0.3) is 0 Å². The predicted octanol–water partition coefficient (Wildman–Crippen LogP) is 3.40. The second-order valence-corrected chi connectivity index (χ2v) is 6.36. The first-order chi connectivity index (χ1) is 8.03. The fourth-order valence-electron chi connectivity index (χ4n) is 2.96. The standard InChI is InChI=1S/C15H32N2/c1-5-7-11-17(12-8-6-2)13-9-10-15(3,4)14(13)16/h13-14H,5-12,16H2,1-4H3. The van der Waals surface area contributed by atoms with Gasteiger partial charge in [0.1, 0.15) is 0 Å². The summed E-state index contributed by atoms with van der Waals surface area (Å²) >= 11 is 0. The van der Waals surface area contributed by atoms with Gasteiger partial charge in [-0.25, -0.2) is 0 Å². The first-order valence-electron chi connectivity index (χ1n) is 7.52. The van der Waals surface area contributed by atoms with Crippen molar-refractivity contribution in [1.29, 1.82) is 0 Å². The van der Waals surface area contributed by atoms with Crippen LogP contribution in [0.2, 0.25) is 0 Å². The highest BCUT2D eigenvalue weighted by Gasteiger charge is 2.41. The molecule has 0 aromatic heterocycles. The maximum absolute atomic E-state index is 6.46. The highest BCUT2D eigenvalue weighted by atomic mass is 15.2. The van der Waals surface area contributed by atoms with Gasteiger partial charge < -0.3 is 5.73 Å². The van der Waals surface area contributed by atoms with Crippen molar-refractivity contribution in [3.05, 3.63) is 0 Å². The second kappa shape index (κ2) is 6.75. The van der Waals surface area contributed by atoms with E-state index in [9.17, 15) is 0 Å². The van der Waals surface area contributed by atoms with E-state index < -0.39 is 0 Å². The summed E-state index contributed by atoms with van der Waals surface area (Å²) in [6, 6.07) is 0.985. The van der Waals surface area contributed by atoms with Crippen molar-refractivity contribution in [2.24, 2.45) is 11.1 Å². The Bertz CT molecular complexity index is 205. The number of nitrogens with zero attached hydrogens (tertiary/aromatic N) is 1. The van der Waals surface area contributed by atoms with E-state index >= 15 is 0 Å². The Labute approximate surface area is 108 Å². The van der Waals surface area contributed by atoms with Crippen LogP contribution >= 0.6 is 0 Å². The molecule has 2 unspecified atom stereocenters. The zero-order valence-corrected chi connectivity index (χ0v) is 12.3. The predicted molar refractivity (Wildman–Crippen MR) is 76.2 cm³/mol. The molecule has 2 heteroatoms. The summed E-state index contributed by atoms with van der Waals surface area (Å²) in [7, 11) is 0. The molecular weight excluding hydrogens is 208 g/mol. The molecule has 1 rings (SSSR count).